The Balaban J connectivity index is 2.05. The van der Waals surface area contributed by atoms with Gasteiger partial charge in [-0.3, -0.25) is 0 Å². The Bertz CT molecular complexity index is 379. The number of rotatable bonds is 3. The minimum Gasteiger partial charge on any atom is -0.381 e. The third kappa shape index (κ3) is 3.39. The molecule has 1 heterocycles. The normalized spacial score (nSPS) is 17.4. The molecule has 0 saturated carbocycles. The third-order valence-electron chi connectivity index (χ3n) is 2.94. The highest BCUT2D eigenvalue weighted by atomic mass is 79.9. The van der Waals surface area contributed by atoms with Crippen LogP contribution < -0.4 is 10.6 Å². The van der Waals surface area contributed by atoms with Gasteiger partial charge in [0.15, 0.2) is 0 Å². The summed E-state index contributed by atoms with van der Waals surface area (Å²) in [6, 6.07) is 5.09. The second-order valence-electron chi connectivity index (χ2n) is 4.21. The van der Waals surface area contributed by atoms with Crippen molar-refractivity contribution in [1.82, 2.24) is 5.32 Å². The van der Waals surface area contributed by atoms with Crippen molar-refractivity contribution in [3.63, 3.8) is 0 Å². The Morgan fingerprint density at radius 1 is 1.29 bits per heavy atom. The molecule has 1 aromatic carbocycles. The number of nitrogens with one attached hydrogen (secondary N) is 2. The summed E-state index contributed by atoms with van der Waals surface area (Å²) < 4.78 is 25.7. The maximum Gasteiger partial charge on any atom is 0.263 e. The van der Waals surface area contributed by atoms with E-state index >= 15 is 0 Å². The van der Waals surface area contributed by atoms with Crippen LogP contribution in [0.2, 0.25) is 0 Å². The Morgan fingerprint density at radius 3 is 2.59 bits per heavy atom. The first-order valence-corrected chi connectivity index (χ1v) is 6.51. The van der Waals surface area contributed by atoms with Gasteiger partial charge in [0.05, 0.1) is 0 Å². The molecule has 1 aromatic rings. The highest BCUT2D eigenvalue weighted by molar-refractivity contribution is 9.10. The Labute approximate surface area is 108 Å². The van der Waals surface area contributed by atoms with Gasteiger partial charge in [-0.2, -0.15) is 0 Å². The van der Waals surface area contributed by atoms with E-state index in [0.29, 0.717) is 10.5 Å². The zero-order chi connectivity index (χ0) is 12.3. The maximum atomic E-state index is 12.5. The van der Waals surface area contributed by atoms with Crippen LogP contribution in [0.1, 0.15) is 24.8 Å². The van der Waals surface area contributed by atoms with E-state index in [2.05, 4.69) is 26.6 Å². The fourth-order valence-corrected chi connectivity index (χ4v) is 2.48. The second kappa shape index (κ2) is 5.78. The first-order chi connectivity index (χ1) is 8.16. The number of benzene rings is 1. The maximum absolute atomic E-state index is 12.5. The molecule has 94 valence electrons. The number of anilines is 1. The molecule has 1 aliphatic rings. The van der Waals surface area contributed by atoms with Crippen LogP contribution in [0.25, 0.3) is 0 Å². The van der Waals surface area contributed by atoms with Crippen LogP contribution in [0.4, 0.5) is 14.5 Å². The van der Waals surface area contributed by atoms with Crippen molar-refractivity contribution in [2.75, 3.05) is 18.4 Å². The molecule has 1 saturated heterocycles. The van der Waals surface area contributed by atoms with Gasteiger partial charge in [0.25, 0.3) is 6.43 Å². The Hall–Kier alpha value is -0.680. The summed E-state index contributed by atoms with van der Waals surface area (Å²) in [6.45, 7) is 2.01. The predicted molar refractivity (Wildman–Crippen MR) is 68.6 cm³/mol. The van der Waals surface area contributed by atoms with E-state index in [1.54, 1.807) is 6.07 Å². The minimum absolute atomic E-state index is 0.0488. The van der Waals surface area contributed by atoms with Gasteiger partial charge in [-0.25, -0.2) is 8.78 Å². The number of piperidine rings is 1. The van der Waals surface area contributed by atoms with E-state index < -0.39 is 6.43 Å². The van der Waals surface area contributed by atoms with Crippen LogP contribution in [-0.2, 0) is 0 Å². The van der Waals surface area contributed by atoms with Crippen LogP contribution in [0.3, 0.4) is 0 Å². The van der Waals surface area contributed by atoms with Gasteiger partial charge in [0.1, 0.15) is 0 Å². The summed E-state index contributed by atoms with van der Waals surface area (Å²) in [7, 11) is 0. The number of alkyl halides is 2. The molecular formula is C12H15BrF2N2. The zero-order valence-electron chi connectivity index (χ0n) is 9.35. The van der Waals surface area contributed by atoms with Gasteiger partial charge in [0.2, 0.25) is 0 Å². The van der Waals surface area contributed by atoms with Crippen LogP contribution >= 0.6 is 15.9 Å². The fourth-order valence-electron chi connectivity index (χ4n) is 1.97. The molecule has 2 rings (SSSR count). The number of hydrogen-bond acceptors (Lipinski definition) is 2. The summed E-state index contributed by atoms with van der Waals surface area (Å²) in [5, 5.41) is 6.67. The van der Waals surface area contributed by atoms with Crippen LogP contribution in [-0.4, -0.2) is 19.1 Å². The van der Waals surface area contributed by atoms with Gasteiger partial charge < -0.3 is 10.6 Å². The van der Waals surface area contributed by atoms with Crippen molar-refractivity contribution >= 4 is 21.6 Å². The molecule has 1 fully saturated rings. The average molecular weight is 305 g/mol. The first kappa shape index (κ1) is 12.8. The fraction of sp³-hybridized carbons (Fsp3) is 0.500. The quantitative estimate of drug-likeness (QED) is 0.892. The lowest BCUT2D eigenvalue weighted by atomic mass is 10.1. The lowest BCUT2D eigenvalue weighted by Gasteiger charge is -2.25. The SMILES string of the molecule is FC(F)c1ccc(NC2CCNCC2)c(Br)c1. The van der Waals surface area contributed by atoms with E-state index in [0.717, 1.165) is 31.6 Å². The van der Waals surface area contributed by atoms with Crippen LogP contribution in [0.15, 0.2) is 22.7 Å². The molecule has 5 heteroatoms. The zero-order valence-corrected chi connectivity index (χ0v) is 10.9. The molecule has 0 atom stereocenters. The van der Waals surface area contributed by atoms with Gasteiger partial charge in [0, 0.05) is 21.8 Å². The van der Waals surface area contributed by atoms with Gasteiger partial charge in [-0.15, -0.1) is 0 Å². The average Bonchev–Trinajstić information content (AvgIpc) is 2.33. The van der Waals surface area contributed by atoms with Crippen LogP contribution in [0, 0.1) is 0 Å². The van der Waals surface area contributed by atoms with E-state index in [4.69, 9.17) is 0 Å². The predicted octanol–water partition coefficient (Wildman–Crippen LogP) is 3.55. The standard InChI is InChI=1S/C12H15BrF2N2/c13-10-7-8(12(14)15)1-2-11(10)17-9-3-5-16-6-4-9/h1-2,7,9,12,16-17H,3-6H2. The Morgan fingerprint density at radius 2 is 2.00 bits per heavy atom. The highest BCUT2D eigenvalue weighted by Crippen LogP contribution is 2.29. The van der Waals surface area contributed by atoms with Crippen molar-refractivity contribution < 1.29 is 8.78 Å². The van der Waals surface area contributed by atoms with Gasteiger partial charge in [-0.1, -0.05) is 6.07 Å². The molecule has 0 radical (unpaired) electrons. The molecule has 0 unspecified atom stereocenters. The summed E-state index contributed by atoms with van der Waals surface area (Å²) >= 11 is 3.33. The summed E-state index contributed by atoms with van der Waals surface area (Å²) in [6.07, 6.45) is -0.300. The first-order valence-electron chi connectivity index (χ1n) is 5.71. The minimum atomic E-state index is -2.42. The molecule has 0 bridgehead atoms. The molecule has 0 amide bonds. The number of halogens is 3. The second-order valence-corrected chi connectivity index (χ2v) is 5.06. The smallest absolute Gasteiger partial charge is 0.263 e. The molecule has 1 aliphatic heterocycles. The van der Waals surface area contributed by atoms with Crippen LogP contribution in [0.5, 0.6) is 0 Å². The van der Waals surface area contributed by atoms with Gasteiger partial charge in [-0.05, 0) is 54.0 Å². The molecular weight excluding hydrogens is 290 g/mol. The lowest BCUT2D eigenvalue weighted by molar-refractivity contribution is 0.151. The summed E-state index contributed by atoms with van der Waals surface area (Å²) in [4.78, 5) is 0. The third-order valence-corrected chi connectivity index (χ3v) is 3.60. The van der Waals surface area contributed by atoms with Gasteiger partial charge >= 0.3 is 0 Å². The van der Waals surface area contributed by atoms with E-state index in [1.807, 2.05) is 0 Å². The largest absolute Gasteiger partial charge is 0.381 e. The molecule has 2 nitrogen and oxygen atoms in total. The molecule has 0 spiro atoms. The van der Waals surface area contributed by atoms with Crippen molar-refractivity contribution in [2.45, 2.75) is 25.3 Å². The molecule has 0 aromatic heterocycles. The summed E-state index contributed by atoms with van der Waals surface area (Å²) in [5.41, 5.74) is 0.939. The van der Waals surface area contributed by atoms with E-state index in [1.165, 1.54) is 12.1 Å². The molecule has 2 N–H and O–H groups in total. The Kier molecular flexibility index (Phi) is 4.34. The topological polar surface area (TPSA) is 24.1 Å². The van der Waals surface area contributed by atoms with E-state index in [-0.39, 0.29) is 5.56 Å². The molecule has 17 heavy (non-hydrogen) atoms. The number of hydrogen-bond donors (Lipinski definition) is 2. The summed E-state index contributed by atoms with van der Waals surface area (Å²) in [5.74, 6) is 0. The van der Waals surface area contributed by atoms with Crippen molar-refractivity contribution in [2.24, 2.45) is 0 Å². The monoisotopic (exact) mass is 304 g/mol. The highest BCUT2D eigenvalue weighted by Gasteiger charge is 2.15. The lowest BCUT2D eigenvalue weighted by Crippen LogP contribution is -2.35. The van der Waals surface area contributed by atoms with Crippen molar-refractivity contribution in [1.29, 1.82) is 0 Å². The van der Waals surface area contributed by atoms with Crippen molar-refractivity contribution in [3.05, 3.63) is 28.2 Å². The van der Waals surface area contributed by atoms with Crippen molar-refractivity contribution in [3.8, 4) is 0 Å². The van der Waals surface area contributed by atoms with E-state index in [9.17, 15) is 8.78 Å². The molecule has 0 aliphatic carbocycles.